The number of aliphatic hydroxyl groups excluding tert-OH is 1. The van der Waals surface area contributed by atoms with E-state index in [1.165, 1.54) is 5.56 Å². The number of ether oxygens (including phenoxy) is 1. The van der Waals surface area contributed by atoms with E-state index in [2.05, 4.69) is 6.92 Å². The van der Waals surface area contributed by atoms with E-state index < -0.39 is 0 Å². The van der Waals surface area contributed by atoms with Gasteiger partial charge in [-0.3, -0.25) is 0 Å². The molecule has 0 bridgehead atoms. The third-order valence-corrected chi connectivity index (χ3v) is 2.94. The lowest BCUT2D eigenvalue weighted by molar-refractivity contribution is 0.259. The van der Waals surface area contributed by atoms with Crippen molar-refractivity contribution in [1.29, 1.82) is 0 Å². The van der Waals surface area contributed by atoms with Crippen molar-refractivity contribution < 1.29 is 9.84 Å². The van der Waals surface area contributed by atoms with Crippen LogP contribution in [0.3, 0.4) is 0 Å². The van der Waals surface area contributed by atoms with Crippen molar-refractivity contribution >= 4 is 0 Å². The summed E-state index contributed by atoms with van der Waals surface area (Å²) in [6, 6.07) is 16.0. The van der Waals surface area contributed by atoms with Gasteiger partial charge in [0.25, 0.3) is 0 Å². The van der Waals surface area contributed by atoms with Crippen LogP contribution < -0.4 is 4.74 Å². The second-order valence-corrected chi connectivity index (χ2v) is 4.23. The summed E-state index contributed by atoms with van der Waals surface area (Å²) in [6.07, 6.45) is 0.964. The Labute approximate surface area is 108 Å². The smallest absolute Gasteiger partial charge is 0.125 e. The summed E-state index contributed by atoms with van der Waals surface area (Å²) in [6.45, 7) is 2.64. The number of aryl methyl sites for hydroxylation is 1. The molecule has 0 saturated carbocycles. The highest BCUT2D eigenvalue weighted by Gasteiger charge is 2.04. The maximum absolute atomic E-state index is 9.36. The molecule has 2 aromatic carbocycles. The van der Waals surface area contributed by atoms with Crippen molar-refractivity contribution in [3.05, 3.63) is 65.2 Å². The van der Waals surface area contributed by atoms with E-state index in [1.807, 2.05) is 48.5 Å². The predicted molar refractivity (Wildman–Crippen MR) is 72.5 cm³/mol. The van der Waals surface area contributed by atoms with Crippen LogP contribution in [0.15, 0.2) is 48.5 Å². The van der Waals surface area contributed by atoms with E-state index in [1.54, 1.807) is 0 Å². The van der Waals surface area contributed by atoms with Gasteiger partial charge in [-0.2, -0.15) is 0 Å². The summed E-state index contributed by atoms with van der Waals surface area (Å²) in [7, 11) is 0. The Morgan fingerprint density at radius 3 is 2.44 bits per heavy atom. The highest BCUT2D eigenvalue weighted by molar-refractivity contribution is 5.37. The first-order valence-electron chi connectivity index (χ1n) is 6.23. The molecule has 2 rings (SSSR count). The van der Waals surface area contributed by atoms with Crippen LogP contribution in [0.5, 0.6) is 5.75 Å². The molecular formula is C16H18O2. The van der Waals surface area contributed by atoms with Crippen LogP contribution in [0.1, 0.15) is 23.6 Å². The fraction of sp³-hybridized carbons (Fsp3) is 0.250. The van der Waals surface area contributed by atoms with Gasteiger partial charge in [-0.15, -0.1) is 0 Å². The fourth-order valence-corrected chi connectivity index (χ4v) is 1.85. The molecule has 0 aliphatic rings. The Kier molecular flexibility index (Phi) is 4.37. The molecule has 0 aromatic heterocycles. The average molecular weight is 242 g/mol. The quantitative estimate of drug-likeness (QED) is 0.871. The molecule has 0 atom stereocenters. The zero-order valence-electron chi connectivity index (χ0n) is 10.6. The minimum Gasteiger partial charge on any atom is -0.489 e. The minimum atomic E-state index is 0.0119. The van der Waals surface area contributed by atoms with Crippen LogP contribution in [-0.2, 0) is 19.6 Å². The fourth-order valence-electron chi connectivity index (χ4n) is 1.85. The molecule has 0 radical (unpaired) electrons. The molecule has 0 spiro atoms. The largest absolute Gasteiger partial charge is 0.489 e. The summed E-state index contributed by atoms with van der Waals surface area (Å²) in [5, 5.41) is 9.36. The third-order valence-electron chi connectivity index (χ3n) is 2.94. The van der Waals surface area contributed by atoms with Crippen LogP contribution in [0.4, 0.5) is 0 Å². The molecule has 94 valence electrons. The Morgan fingerprint density at radius 1 is 1.00 bits per heavy atom. The van der Waals surface area contributed by atoms with Gasteiger partial charge in [-0.05, 0) is 29.7 Å². The van der Waals surface area contributed by atoms with Gasteiger partial charge in [-0.1, -0.05) is 43.3 Å². The van der Waals surface area contributed by atoms with Crippen LogP contribution >= 0.6 is 0 Å². The number of aliphatic hydroxyl groups is 1. The molecule has 0 fully saturated rings. The van der Waals surface area contributed by atoms with Gasteiger partial charge in [0, 0.05) is 5.56 Å². The topological polar surface area (TPSA) is 29.5 Å². The lowest BCUT2D eigenvalue weighted by Crippen LogP contribution is -1.99. The van der Waals surface area contributed by atoms with Gasteiger partial charge in [0.05, 0.1) is 6.61 Å². The number of rotatable bonds is 5. The summed E-state index contributed by atoms with van der Waals surface area (Å²) >= 11 is 0. The highest BCUT2D eigenvalue weighted by atomic mass is 16.5. The molecule has 2 nitrogen and oxygen atoms in total. The molecule has 0 aliphatic heterocycles. The predicted octanol–water partition coefficient (Wildman–Crippen LogP) is 3.32. The van der Waals surface area contributed by atoms with Crippen LogP contribution in [0.25, 0.3) is 0 Å². The van der Waals surface area contributed by atoms with Crippen molar-refractivity contribution in [2.75, 3.05) is 0 Å². The Morgan fingerprint density at radius 2 is 1.78 bits per heavy atom. The van der Waals surface area contributed by atoms with Crippen LogP contribution in [0.2, 0.25) is 0 Å². The highest BCUT2D eigenvalue weighted by Crippen LogP contribution is 2.21. The van der Waals surface area contributed by atoms with Gasteiger partial charge < -0.3 is 9.84 Å². The van der Waals surface area contributed by atoms with Crippen LogP contribution in [-0.4, -0.2) is 5.11 Å². The Balaban J connectivity index is 2.09. The summed E-state index contributed by atoms with van der Waals surface area (Å²) in [5.41, 5.74) is 3.19. The molecule has 0 saturated heterocycles. The van der Waals surface area contributed by atoms with Gasteiger partial charge in [0.1, 0.15) is 12.4 Å². The normalized spacial score (nSPS) is 10.3. The molecule has 2 heteroatoms. The number of benzene rings is 2. The molecular weight excluding hydrogens is 224 g/mol. The van der Waals surface area contributed by atoms with Gasteiger partial charge in [0.15, 0.2) is 0 Å². The molecule has 0 aliphatic carbocycles. The lowest BCUT2D eigenvalue weighted by Gasteiger charge is -2.11. The van der Waals surface area contributed by atoms with Gasteiger partial charge >= 0.3 is 0 Å². The van der Waals surface area contributed by atoms with E-state index in [-0.39, 0.29) is 6.61 Å². The summed E-state index contributed by atoms with van der Waals surface area (Å²) in [4.78, 5) is 0. The minimum absolute atomic E-state index is 0.0119. The molecule has 0 amide bonds. The van der Waals surface area contributed by atoms with Gasteiger partial charge in [-0.25, -0.2) is 0 Å². The Bertz CT molecular complexity index is 492. The second kappa shape index (κ2) is 6.22. The van der Waals surface area contributed by atoms with E-state index in [0.29, 0.717) is 6.61 Å². The van der Waals surface area contributed by atoms with E-state index in [4.69, 9.17) is 4.74 Å². The van der Waals surface area contributed by atoms with E-state index in [0.717, 1.165) is 23.3 Å². The first-order chi connectivity index (χ1) is 8.83. The lowest BCUT2D eigenvalue weighted by atomic mass is 10.1. The zero-order valence-corrected chi connectivity index (χ0v) is 10.6. The molecule has 1 N–H and O–H groups in total. The summed E-state index contributed by atoms with van der Waals surface area (Å²) in [5.74, 6) is 0.763. The van der Waals surface area contributed by atoms with Crippen molar-refractivity contribution in [2.45, 2.75) is 26.6 Å². The third kappa shape index (κ3) is 3.11. The average Bonchev–Trinajstić information content (AvgIpc) is 2.46. The first-order valence-corrected chi connectivity index (χ1v) is 6.23. The van der Waals surface area contributed by atoms with E-state index in [9.17, 15) is 5.11 Å². The maximum atomic E-state index is 9.36. The van der Waals surface area contributed by atoms with E-state index >= 15 is 0 Å². The number of hydrogen-bond donors (Lipinski definition) is 1. The first kappa shape index (κ1) is 12.7. The monoisotopic (exact) mass is 242 g/mol. The molecule has 0 unspecified atom stereocenters. The van der Waals surface area contributed by atoms with Crippen LogP contribution in [0, 0.1) is 0 Å². The maximum Gasteiger partial charge on any atom is 0.125 e. The standard InChI is InChI=1S/C16H18O2/c1-2-13-8-9-16(15(10-13)11-17)18-12-14-6-4-3-5-7-14/h3-10,17H,2,11-12H2,1H3. The second-order valence-electron chi connectivity index (χ2n) is 4.23. The Hall–Kier alpha value is -1.80. The zero-order chi connectivity index (χ0) is 12.8. The SMILES string of the molecule is CCc1ccc(OCc2ccccc2)c(CO)c1. The van der Waals surface area contributed by atoms with Crippen molar-refractivity contribution in [1.82, 2.24) is 0 Å². The molecule has 0 heterocycles. The van der Waals surface area contributed by atoms with Crippen molar-refractivity contribution in [2.24, 2.45) is 0 Å². The molecule has 2 aromatic rings. The molecule has 18 heavy (non-hydrogen) atoms. The number of hydrogen-bond acceptors (Lipinski definition) is 2. The summed E-state index contributed by atoms with van der Waals surface area (Å²) < 4.78 is 5.75. The van der Waals surface area contributed by atoms with Crippen molar-refractivity contribution in [3.63, 3.8) is 0 Å². The van der Waals surface area contributed by atoms with Gasteiger partial charge in [0.2, 0.25) is 0 Å². The van der Waals surface area contributed by atoms with Crippen molar-refractivity contribution in [3.8, 4) is 5.75 Å².